The number of amides is 2. The van der Waals surface area contributed by atoms with Crippen LogP contribution < -0.4 is 11.1 Å². The number of primary amides is 1. The van der Waals surface area contributed by atoms with Crippen molar-refractivity contribution in [2.45, 2.75) is 19.9 Å². The van der Waals surface area contributed by atoms with Gasteiger partial charge in [-0.05, 0) is 31.5 Å². The average molecular weight is 348 g/mol. The summed E-state index contributed by atoms with van der Waals surface area (Å²) in [7, 11) is 0. The van der Waals surface area contributed by atoms with E-state index in [4.69, 9.17) is 5.73 Å². The van der Waals surface area contributed by atoms with Gasteiger partial charge in [0.15, 0.2) is 0 Å². The summed E-state index contributed by atoms with van der Waals surface area (Å²) in [5, 5.41) is 7.00. The summed E-state index contributed by atoms with van der Waals surface area (Å²) in [5.74, 6) is -1.01. The van der Waals surface area contributed by atoms with Crippen LogP contribution in [0.1, 0.15) is 33.2 Å². The Kier molecular flexibility index (Phi) is 4.84. The number of hydrogen-bond acceptors (Lipinski definition) is 3. The van der Waals surface area contributed by atoms with Gasteiger partial charge in [-0.2, -0.15) is 5.10 Å². The standard InChI is InChI=1S/C20H20N4O2/c1-13-8-10-16(11-9-13)24-14(2)17(12-22-24)20(26)23-18(19(21)25)15-6-4-3-5-7-15/h3-12,18H,1-2H3,(H2,21,25)(H,23,26)/t18-/m1/s1. The van der Waals surface area contributed by atoms with Gasteiger partial charge in [0.25, 0.3) is 5.91 Å². The molecule has 1 aromatic heterocycles. The maximum atomic E-state index is 12.7. The van der Waals surface area contributed by atoms with E-state index < -0.39 is 17.9 Å². The van der Waals surface area contributed by atoms with E-state index in [0.29, 0.717) is 16.8 Å². The number of nitrogens with zero attached hydrogens (tertiary/aromatic N) is 2. The molecule has 1 atom stereocenters. The fourth-order valence-electron chi connectivity index (χ4n) is 2.75. The minimum Gasteiger partial charge on any atom is -0.368 e. The Morgan fingerprint density at radius 2 is 1.69 bits per heavy atom. The SMILES string of the molecule is Cc1ccc(-n2ncc(C(=O)N[C@@H](C(N)=O)c3ccccc3)c2C)cc1. The zero-order valence-electron chi connectivity index (χ0n) is 14.6. The maximum absolute atomic E-state index is 12.7. The van der Waals surface area contributed by atoms with Crippen molar-refractivity contribution in [1.82, 2.24) is 15.1 Å². The van der Waals surface area contributed by atoms with E-state index in [9.17, 15) is 9.59 Å². The third-order valence-corrected chi connectivity index (χ3v) is 4.23. The number of carbonyl (C=O) groups excluding carboxylic acids is 2. The van der Waals surface area contributed by atoms with Crippen molar-refractivity contribution in [2.24, 2.45) is 5.73 Å². The van der Waals surface area contributed by atoms with Crippen LogP contribution in [-0.2, 0) is 4.79 Å². The fraction of sp³-hybridized carbons (Fsp3) is 0.150. The monoisotopic (exact) mass is 348 g/mol. The van der Waals surface area contributed by atoms with Crippen molar-refractivity contribution in [3.8, 4) is 5.69 Å². The first-order chi connectivity index (χ1) is 12.5. The highest BCUT2D eigenvalue weighted by atomic mass is 16.2. The summed E-state index contributed by atoms with van der Waals surface area (Å²) in [4.78, 5) is 24.5. The first-order valence-electron chi connectivity index (χ1n) is 8.24. The van der Waals surface area contributed by atoms with Gasteiger partial charge in [-0.1, -0.05) is 48.0 Å². The Labute approximate surface area is 151 Å². The molecule has 132 valence electrons. The molecular weight excluding hydrogens is 328 g/mol. The summed E-state index contributed by atoms with van der Waals surface area (Å²) in [5.41, 5.74) is 9.19. The van der Waals surface area contributed by atoms with Crippen LogP contribution >= 0.6 is 0 Å². The van der Waals surface area contributed by atoms with Crippen molar-refractivity contribution in [3.05, 3.63) is 83.2 Å². The van der Waals surface area contributed by atoms with Crippen LogP contribution in [-0.4, -0.2) is 21.6 Å². The molecule has 3 N–H and O–H groups in total. The zero-order chi connectivity index (χ0) is 18.7. The lowest BCUT2D eigenvalue weighted by Gasteiger charge is -2.15. The summed E-state index contributed by atoms with van der Waals surface area (Å²) >= 11 is 0. The topological polar surface area (TPSA) is 90.0 Å². The normalized spacial score (nSPS) is 11.8. The van der Waals surface area contributed by atoms with Crippen molar-refractivity contribution in [2.75, 3.05) is 0 Å². The van der Waals surface area contributed by atoms with Crippen LogP contribution in [0.15, 0.2) is 60.8 Å². The lowest BCUT2D eigenvalue weighted by molar-refractivity contribution is -0.120. The highest BCUT2D eigenvalue weighted by Crippen LogP contribution is 2.17. The van der Waals surface area contributed by atoms with Crippen molar-refractivity contribution < 1.29 is 9.59 Å². The van der Waals surface area contributed by atoms with Gasteiger partial charge in [0.05, 0.1) is 23.1 Å². The molecule has 0 aliphatic carbocycles. The Bertz CT molecular complexity index is 930. The molecule has 0 radical (unpaired) electrons. The molecule has 0 spiro atoms. The number of hydrogen-bond donors (Lipinski definition) is 2. The van der Waals surface area contributed by atoms with Crippen LogP contribution in [0.4, 0.5) is 0 Å². The van der Waals surface area contributed by atoms with Gasteiger partial charge in [0.1, 0.15) is 6.04 Å². The lowest BCUT2D eigenvalue weighted by Crippen LogP contribution is -2.37. The summed E-state index contributed by atoms with van der Waals surface area (Å²) < 4.78 is 1.69. The fourth-order valence-corrected chi connectivity index (χ4v) is 2.75. The summed E-state index contributed by atoms with van der Waals surface area (Å²) in [6, 6.07) is 15.8. The molecule has 0 bridgehead atoms. The van der Waals surface area contributed by atoms with Gasteiger partial charge in [0, 0.05) is 0 Å². The highest BCUT2D eigenvalue weighted by molar-refractivity contribution is 5.98. The number of aryl methyl sites for hydroxylation is 1. The minimum absolute atomic E-state index is 0.395. The molecular formula is C20H20N4O2. The molecule has 1 heterocycles. The third kappa shape index (κ3) is 3.49. The number of aromatic nitrogens is 2. The van der Waals surface area contributed by atoms with Crippen LogP contribution in [0.25, 0.3) is 5.69 Å². The molecule has 3 rings (SSSR count). The van der Waals surface area contributed by atoms with Crippen LogP contribution in [0.5, 0.6) is 0 Å². The van der Waals surface area contributed by atoms with Gasteiger partial charge >= 0.3 is 0 Å². The molecule has 0 saturated heterocycles. The molecule has 6 nitrogen and oxygen atoms in total. The van der Waals surface area contributed by atoms with E-state index in [1.54, 1.807) is 28.9 Å². The molecule has 2 amide bonds. The van der Waals surface area contributed by atoms with Gasteiger partial charge in [-0.15, -0.1) is 0 Å². The van der Waals surface area contributed by atoms with Gasteiger partial charge in [-0.3, -0.25) is 9.59 Å². The number of benzene rings is 2. The van der Waals surface area contributed by atoms with E-state index >= 15 is 0 Å². The van der Waals surface area contributed by atoms with E-state index in [1.165, 1.54) is 6.20 Å². The van der Waals surface area contributed by atoms with E-state index in [-0.39, 0.29) is 0 Å². The highest BCUT2D eigenvalue weighted by Gasteiger charge is 2.23. The maximum Gasteiger partial charge on any atom is 0.255 e. The van der Waals surface area contributed by atoms with Crippen molar-refractivity contribution in [3.63, 3.8) is 0 Å². The Morgan fingerprint density at radius 3 is 2.31 bits per heavy atom. The van der Waals surface area contributed by atoms with Gasteiger partial charge in [0.2, 0.25) is 5.91 Å². The summed E-state index contributed by atoms with van der Waals surface area (Å²) in [6.07, 6.45) is 1.49. The minimum atomic E-state index is -0.897. The predicted molar refractivity (Wildman–Crippen MR) is 98.9 cm³/mol. The largest absolute Gasteiger partial charge is 0.368 e. The quantitative estimate of drug-likeness (QED) is 0.742. The second kappa shape index (κ2) is 7.23. The third-order valence-electron chi connectivity index (χ3n) is 4.23. The Balaban J connectivity index is 1.86. The molecule has 6 heteroatoms. The molecule has 0 saturated carbocycles. The molecule has 0 unspecified atom stereocenters. The average Bonchev–Trinajstić information content (AvgIpc) is 3.02. The lowest BCUT2D eigenvalue weighted by atomic mass is 10.1. The molecule has 3 aromatic rings. The van der Waals surface area contributed by atoms with Gasteiger partial charge in [-0.25, -0.2) is 4.68 Å². The first-order valence-corrected chi connectivity index (χ1v) is 8.24. The van der Waals surface area contributed by atoms with E-state index in [2.05, 4.69) is 10.4 Å². The Hall–Kier alpha value is -3.41. The van der Waals surface area contributed by atoms with Crippen LogP contribution in [0, 0.1) is 13.8 Å². The second-order valence-corrected chi connectivity index (χ2v) is 6.11. The predicted octanol–water partition coefficient (Wildman–Crippen LogP) is 2.45. The molecule has 26 heavy (non-hydrogen) atoms. The van der Waals surface area contributed by atoms with Crippen molar-refractivity contribution >= 4 is 11.8 Å². The Morgan fingerprint density at radius 1 is 1.04 bits per heavy atom. The van der Waals surface area contributed by atoms with Crippen LogP contribution in [0.2, 0.25) is 0 Å². The summed E-state index contributed by atoms with van der Waals surface area (Å²) in [6.45, 7) is 3.82. The van der Waals surface area contributed by atoms with Crippen LogP contribution in [0.3, 0.4) is 0 Å². The number of rotatable bonds is 5. The molecule has 0 fully saturated rings. The number of nitrogens with one attached hydrogen (secondary N) is 1. The second-order valence-electron chi connectivity index (χ2n) is 6.11. The smallest absolute Gasteiger partial charge is 0.255 e. The van der Waals surface area contributed by atoms with Crippen molar-refractivity contribution in [1.29, 1.82) is 0 Å². The van der Waals surface area contributed by atoms with Gasteiger partial charge < -0.3 is 11.1 Å². The number of nitrogens with two attached hydrogens (primary N) is 1. The zero-order valence-corrected chi connectivity index (χ0v) is 14.6. The molecule has 0 aliphatic heterocycles. The van der Waals surface area contributed by atoms with E-state index in [1.807, 2.05) is 44.2 Å². The van der Waals surface area contributed by atoms with E-state index in [0.717, 1.165) is 11.3 Å². The molecule has 0 aliphatic rings. The first kappa shape index (κ1) is 17.4. The number of carbonyl (C=O) groups is 2. The molecule has 2 aromatic carbocycles.